The van der Waals surface area contributed by atoms with Gasteiger partial charge in [0.05, 0.1) is 6.04 Å². The van der Waals surface area contributed by atoms with Gasteiger partial charge in [0.2, 0.25) is 11.8 Å². The molecule has 6 heteroatoms. The predicted molar refractivity (Wildman–Crippen MR) is 67.2 cm³/mol. The Hall–Kier alpha value is -1.43. The Morgan fingerprint density at radius 3 is 2.42 bits per heavy atom. The van der Waals surface area contributed by atoms with Crippen LogP contribution in [0.3, 0.4) is 0 Å². The summed E-state index contributed by atoms with van der Waals surface area (Å²) in [6.07, 6.45) is 3.49. The fourth-order valence-electron chi connectivity index (χ4n) is 3.08. The lowest BCUT2D eigenvalue weighted by Gasteiger charge is -2.35. The highest BCUT2D eigenvalue weighted by Crippen LogP contribution is 2.49. The molecule has 1 aliphatic carbocycles. The van der Waals surface area contributed by atoms with E-state index in [-0.39, 0.29) is 11.9 Å². The average Bonchev–Trinajstić information content (AvgIpc) is 3.01. The maximum Gasteiger partial charge on any atom is 0.331 e. The van der Waals surface area contributed by atoms with E-state index in [1.54, 1.807) is 0 Å². The van der Waals surface area contributed by atoms with E-state index in [0.717, 1.165) is 13.1 Å². The number of barbiturate groups is 1. The molecule has 0 radical (unpaired) electrons. The van der Waals surface area contributed by atoms with Crippen molar-refractivity contribution in [3.8, 4) is 0 Å². The Bertz CT molecular complexity index is 438. The monoisotopic (exact) mass is 265 g/mol. The van der Waals surface area contributed by atoms with Crippen LogP contribution in [-0.2, 0) is 9.59 Å². The van der Waals surface area contributed by atoms with E-state index in [0.29, 0.717) is 19.4 Å². The first-order valence-electron chi connectivity index (χ1n) is 6.96. The molecule has 1 spiro atoms. The molecule has 1 N–H and O–H groups in total. The zero-order valence-corrected chi connectivity index (χ0v) is 11.1. The number of carbonyl (C=O) groups excluding carboxylic acids is 3. The van der Waals surface area contributed by atoms with Crippen LogP contribution < -0.4 is 5.32 Å². The van der Waals surface area contributed by atoms with E-state index in [1.807, 2.05) is 6.92 Å². The van der Waals surface area contributed by atoms with Gasteiger partial charge in [-0.25, -0.2) is 4.79 Å². The van der Waals surface area contributed by atoms with Gasteiger partial charge in [0.25, 0.3) is 0 Å². The number of imide groups is 2. The average molecular weight is 265 g/mol. The fourth-order valence-corrected chi connectivity index (χ4v) is 3.08. The topological polar surface area (TPSA) is 69.7 Å². The van der Waals surface area contributed by atoms with Gasteiger partial charge in [0.15, 0.2) is 0 Å². The smallest absolute Gasteiger partial charge is 0.301 e. The molecule has 0 aromatic rings. The van der Waals surface area contributed by atoms with Crippen molar-refractivity contribution < 1.29 is 14.4 Å². The Labute approximate surface area is 112 Å². The van der Waals surface area contributed by atoms with Crippen molar-refractivity contribution in [2.75, 3.05) is 19.6 Å². The van der Waals surface area contributed by atoms with Crippen LogP contribution in [0.4, 0.5) is 4.79 Å². The van der Waals surface area contributed by atoms with Crippen molar-refractivity contribution >= 4 is 17.8 Å². The third kappa shape index (κ3) is 1.94. The lowest BCUT2D eigenvalue weighted by molar-refractivity contribution is -0.146. The predicted octanol–water partition coefficient (Wildman–Crippen LogP) is 0.329. The summed E-state index contributed by atoms with van der Waals surface area (Å²) in [6, 6.07) is -0.740. The summed E-state index contributed by atoms with van der Waals surface area (Å²) in [5.41, 5.74) is -0.923. The third-order valence-electron chi connectivity index (χ3n) is 4.41. The molecular weight excluding hydrogens is 246 g/mol. The summed E-state index contributed by atoms with van der Waals surface area (Å²) in [5.74, 6) is -0.708. The van der Waals surface area contributed by atoms with Crippen LogP contribution in [0.15, 0.2) is 0 Å². The second-order valence-electron chi connectivity index (χ2n) is 5.87. The molecule has 3 aliphatic rings. The number of urea groups is 1. The van der Waals surface area contributed by atoms with Gasteiger partial charge in [-0.3, -0.25) is 19.8 Å². The zero-order chi connectivity index (χ0) is 13.6. The van der Waals surface area contributed by atoms with Crippen LogP contribution in [-0.4, -0.2) is 53.3 Å². The quantitative estimate of drug-likeness (QED) is 0.747. The molecule has 1 atom stereocenters. The minimum absolute atomic E-state index is 0.184. The molecule has 3 fully saturated rings. The molecule has 4 amide bonds. The summed E-state index contributed by atoms with van der Waals surface area (Å²) < 4.78 is 0. The summed E-state index contributed by atoms with van der Waals surface area (Å²) >= 11 is 0. The number of likely N-dealkylation sites (tertiary alicyclic amines) is 1. The number of hydrogen-bond acceptors (Lipinski definition) is 4. The van der Waals surface area contributed by atoms with E-state index in [1.165, 1.54) is 17.7 Å². The molecular formula is C13H19N3O3. The van der Waals surface area contributed by atoms with Crippen molar-refractivity contribution in [2.45, 2.75) is 38.6 Å². The highest BCUT2D eigenvalue weighted by molar-refractivity contribution is 6.21. The molecule has 0 aromatic carbocycles. The zero-order valence-electron chi connectivity index (χ0n) is 11.1. The van der Waals surface area contributed by atoms with Crippen LogP contribution in [0.2, 0.25) is 0 Å². The van der Waals surface area contributed by atoms with Crippen LogP contribution in [0.25, 0.3) is 0 Å². The molecule has 2 heterocycles. The highest BCUT2D eigenvalue weighted by atomic mass is 16.2. The number of hydrogen-bond donors (Lipinski definition) is 1. The van der Waals surface area contributed by atoms with Crippen molar-refractivity contribution in [3.63, 3.8) is 0 Å². The number of nitrogens with zero attached hydrogens (tertiary/aromatic N) is 2. The summed E-state index contributed by atoms with van der Waals surface area (Å²) in [4.78, 5) is 39.5. The van der Waals surface area contributed by atoms with Gasteiger partial charge in [0.1, 0.15) is 5.41 Å². The molecule has 2 saturated heterocycles. The molecule has 3 rings (SSSR count). The lowest BCUT2D eigenvalue weighted by Crippen LogP contribution is -2.62. The van der Waals surface area contributed by atoms with E-state index in [2.05, 4.69) is 10.2 Å². The number of amides is 4. The molecule has 0 aromatic heterocycles. The lowest BCUT2D eigenvalue weighted by atomic mass is 10.0. The Morgan fingerprint density at radius 1 is 1.21 bits per heavy atom. The second kappa shape index (κ2) is 4.30. The molecule has 104 valence electrons. The molecule has 0 bridgehead atoms. The molecule has 19 heavy (non-hydrogen) atoms. The van der Waals surface area contributed by atoms with E-state index >= 15 is 0 Å². The Kier molecular flexibility index (Phi) is 2.85. The Morgan fingerprint density at radius 2 is 1.84 bits per heavy atom. The van der Waals surface area contributed by atoms with Gasteiger partial charge >= 0.3 is 6.03 Å². The molecule has 1 unspecified atom stereocenters. The van der Waals surface area contributed by atoms with Crippen molar-refractivity contribution in [2.24, 2.45) is 5.41 Å². The second-order valence-corrected chi connectivity index (χ2v) is 5.87. The first-order valence-corrected chi connectivity index (χ1v) is 6.96. The van der Waals surface area contributed by atoms with Crippen LogP contribution >= 0.6 is 0 Å². The van der Waals surface area contributed by atoms with Crippen LogP contribution in [0.1, 0.15) is 32.6 Å². The van der Waals surface area contributed by atoms with Gasteiger partial charge in [-0.1, -0.05) is 0 Å². The van der Waals surface area contributed by atoms with E-state index in [4.69, 9.17) is 0 Å². The van der Waals surface area contributed by atoms with Crippen molar-refractivity contribution in [1.82, 2.24) is 15.1 Å². The largest absolute Gasteiger partial charge is 0.331 e. The van der Waals surface area contributed by atoms with Gasteiger partial charge in [-0.05, 0) is 45.7 Å². The van der Waals surface area contributed by atoms with Crippen LogP contribution in [0.5, 0.6) is 0 Å². The highest BCUT2D eigenvalue weighted by Gasteiger charge is 2.62. The van der Waals surface area contributed by atoms with Gasteiger partial charge in [0, 0.05) is 6.54 Å². The number of nitrogens with one attached hydrogen (secondary N) is 1. The fraction of sp³-hybridized carbons (Fsp3) is 0.769. The molecule has 6 nitrogen and oxygen atoms in total. The first kappa shape index (κ1) is 12.6. The summed E-state index contributed by atoms with van der Waals surface area (Å²) in [7, 11) is 0. The maximum absolute atomic E-state index is 12.4. The maximum atomic E-state index is 12.4. The van der Waals surface area contributed by atoms with Gasteiger partial charge in [-0.15, -0.1) is 0 Å². The van der Waals surface area contributed by atoms with Gasteiger partial charge < -0.3 is 4.90 Å². The normalized spacial score (nSPS) is 27.8. The van der Waals surface area contributed by atoms with Gasteiger partial charge in [-0.2, -0.15) is 0 Å². The van der Waals surface area contributed by atoms with E-state index in [9.17, 15) is 14.4 Å². The Balaban J connectivity index is 1.73. The number of rotatable bonds is 3. The van der Waals surface area contributed by atoms with Crippen LogP contribution in [0, 0.1) is 5.41 Å². The summed E-state index contributed by atoms with van der Waals surface area (Å²) in [5, 5.41) is 2.33. The standard InChI is InChI=1S/C13H19N3O3/c1-9(8-15-6-2-3-7-15)16-11(18)13(4-5-13)10(17)14-12(16)19/h9H,2-8H2,1H3,(H,14,17,19). The summed E-state index contributed by atoms with van der Waals surface area (Å²) in [6.45, 7) is 4.63. The SMILES string of the molecule is CC(CN1CCCC1)N1C(=O)NC(=O)C2(CC2)C1=O. The molecule has 2 aliphatic heterocycles. The molecule has 1 saturated carbocycles. The number of carbonyl (C=O) groups is 3. The van der Waals surface area contributed by atoms with Crippen molar-refractivity contribution in [1.29, 1.82) is 0 Å². The minimum Gasteiger partial charge on any atom is -0.301 e. The minimum atomic E-state index is -0.923. The van der Waals surface area contributed by atoms with E-state index < -0.39 is 17.4 Å². The van der Waals surface area contributed by atoms with Crippen molar-refractivity contribution in [3.05, 3.63) is 0 Å². The third-order valence-corrected chi connectivity index (χ3v) is 4.41. The first-order chi connectivity index (χ1) is 9.04.